The molecule has 5 atom stereocenters. The molecule has 2 aromatic carbocycles. The molecule has 3 aromatic rings. The number of phenolic OH excluding ortho intramolecular Hbond substituents is 2. The lowest BCUT2D eigenvalue weighted by Crippen LogP contribution is -2.58. The van der Waals surface area contributed by atoms with Gasteiger partial charge in [0.1, 0.15) is 46.5 Å². The first-order valence-corrected chi connectivity index (χ1v) is 11.3. The third kappa shape index (κ3) is 4.63. The molecule has 6 N–H and O–H groups in total. The highest BCUT2D eigenvalue weighted by atomic mass is 16.7. The van der Waals surface area contributed by atoms with Crippen molar-refractivity contribution >= 4 is 11.0 Å². The van der Waals surface area contributed by atoms with Gasteiger partial charge in [-0.25, -0.2) is 0 Å². The predicted molar refractivity (Wildman–Crippen MR) is 129 cm³/mol. The van der Waals surface area contributed by atoms with Crippen molar-refractivity contribution in [1.29, 1.82) is 0 Å². The van der Waals surface area contributed by atoms with E-state index in [-0.39, 0.29) is 40.2 Å². The number of benzene rings is 2. The van der Waals surface area contributed by atoms with Crippen LogP contribution in [0.3, 0.4) is 0 Å². The molecule has 36 heavy (non-hydrogen) atoms. The van der Waals surface area contributed by atoms with Crippen LogP contribution < -0.4 is 10.2 Å². The second kappa shape index (κ2) is 9.82. The Hall–Kier alpha value is -3.57. The zero-order chi connectivity index (χ0) is 26.3. The van der Waals surface area contributed by atoms with Crippen LogP contribution in [0, 0.1) is 0 Å². The second-order valence-electron chi connectivity index (χ2n) is 9.02. The van der Waals surface area contributed by atoms with Gasteiger partial charge >= 0.3 is 0 Å². The molecule has 1 aliphatic rings. The zero-order valence-electron chi connectivity index (χ0n) is 19.9. The Bertz CT molecular complexity index is 1350. The van der Waals surface area contributed by atoms with E-state index in [2.05, 4.69) is 0 Å². The Morgan fingerprint density at radius 1 is 1.00 bits per heavy atom. The fraction of sp³-hybridized carbons (Fsp3) is 0.346. The van der Waals surface area contributed by atoms with Crippen molar-refractivity contribution in [2.24, 2.45) is 0 Å². The summed E-state index contributed by atoms with van der Waals surface area (Å²) in [6, 6.07) is 6.96. The lowest BCUT2D eigenvalue weighted by Gasteiger charge is -2.38. The SMILES string of the molecule is CC(C)=CCc1c(O)cc(O)c2c(=O)c(O)c(-c3ccc(O[C@@H]4O[C@H](C)[C@@H](O)[C@H](O)[C@@H]4O)cc3)oc12. The number of phenols is 2. The van der Waals surface area contributed by atoms with Gasteiger partial charge in [0.15, 0.2) is 5.76 Å². The minimum atomic E-state index is -1.49. The highest BCUT2D eigenvalue weighted by molar-refractivity contribution is 5.91. The van der Waals surface area contributed by atoms with Gasteiger partial charge in [0.25, 0.3) is 0 Å². The summed E-state index contributed by atoms with van der Waals surface area (Å²) in [6.07, 6.45) is -4.16. The van der Waals surface area contributed by atoms with Crippen molar-refractivity contribution in [2.75, 3.05) is 0 Å². The summed E-state index contributed by atoms with van der Waals surface area (Å²) in [5, 5.41) is 60.9. The standard InChI is InChI=1S/C26H28O10/c1-11(2)4-9-15-16(27)10-17(28)18-20(30)22(32)24(36-25(15)18)13-5-7-14(8-6-13)35-26-23(33)21(31)19(29)12(3)34-26/h4-8,10,12,19,21,23,26-29,31-33H,9H2,1-3H3/t12-,19-,21+,23+,26+/m1/s1. The first kappa shape index (κ1) is 25.5. The maximum absolute atomic E-state index is 12.9. The Morgan fingerprint density at radius 2 is 1.67 bits per heavy atom. The van der Waals surface area contributed by atoms with Gasteiger partial charge < -0.3 is 44.5 Å². The maximum atomic E-state index is 12.9. The van der Waals surface area contributed by atoms with Crippen LogP contribution in [0.5, 0.6) is 23.0 Å². The molecule has 192 valence electrons. The topological polar surface area (TPSA) is 170 Å². The monoisotopic (exact) mass is 500 g/mol. The average Bonchev–Trinajstić information content (AvgIpc) is 2.83. The minimum absolute atomic E-state index is 0.0524. The normalized spacial score (nSPS) is 24.0. The van der Waals surface area contributed by atoms with Crippen molar-refractivity contribution < 1.29 is 44.5 Å². The lowest BCUT2D eigenvalue weighted by molar-refractivity contribution is -0.268. The van der Waals surface area contributed by atoms with Crippen LogP contribution >= 0.6 is 0 Å². The van der Waals surface area contributed by atoms with E-state index in [9.17, 15) is 35.4 Å². The molecule has 10 nitrogen and oxygen atoms in total. The van der Waals surface area contributed by atoms with Gasteiger partial charge in [-0.2, -0.15) is 0 Å². The van der Waals surface area contributed by atoms with E-state index in [0.29, 0.717) is 5.56 Å². The van der Waals surface area contributed by atoms with E-state index in [1.54, 1.807) is 0 Å². The van der Waals surface area contributed by atoms with Crippen LogP contribution in [0.2, 0.25) is 0 Å². The summed E-state index contributed by atoms with van der Waals surface area (Å²) < 4.78 is 16.9. The molecule has 10 heteroatoms. The first-order chi connectivity index (χ1) is 17.0. The molecule has 1 fully saturated rings. The summed E-state index contributed by atoms with van der Waals surface area (Å²) in [6.45, 7) is 5.28. The van der Waals surface area contributed by atoms with E-state index in [0.717, 1.165) is 11.6 Å². The smallest absolute Gasteiger partial charge is 0.238 e. The number of hydrogen-bond acceptors (Lipinski definition) is 10. The Kier molecular flexibility index (Phi) is 6.96. The van der Waals surface area contributed by atoms with Crippen molar-refractivity contribution in [1.82, 2.24) is 0 Å². The molecule has 1 saturated heterocycles. The average molecular weight is 501 g/mol. The van der Waals surface area contributed by atoms with Crippen LogP contribution in [0.1, 0.15) is 26.3 Å². The Balaban J connectivity index is 1.71. The number of rotatable bonds is 5. The molecule has 0 aliphatic carbocycles. The lowest BCUT2D eigenvalue weighted by atomic mass is 10.00. The van der Waals surface area contributed by atoms with E-state index in [1.807, 2.05) is 19.9 Å². The van der Waals surface area contributed by atoms with Crippen molar-refractivity contribution in [3.8, 4) is 34.3 Å². The Morgan fingerprint density at radius 3 is 2.31 bits per heavy atom. The van der Waals surface area contributed by atoms with Crippen LogP contribution in [-0.4, -0.2) is 61.3 Å². The highest BCUT2D eigenvalue weighted by Crippen LogP contribution is 2.39. The summed E-state index contributed by atoms with van der Waals surface area (Å²) in [7, 11) is 0. The molecule has 0 bridgehead atoms. The molecule has 0 saturated carbocycles. The van der Waals surface area contributed by atoms with Crippen LogP contribution in [0.4, 0.5) is 0 Å². The summed E-state index contributed by atoms with van der Waals surface area (Å²) in [5.41, 5.74) is 0.631. The number of aliphatic hydroxyl groups is 3. The van der Waals surface area contributed by atoms with Gasteiger partial charge in [-0.3, -0.25) is 4.79 Å². The third-order valence-electron chi connectivity index (χ3n) is 6.09. The highest BCUT2D eigenvalue weighted by Gasteiger charge is 2.43. The van der Waals surface area contributed by atoms with Gasteiger partial charge in [0.2, 0.25) is 17.5 Å². The van der Waals surface area contributed by atoms with Crippen molar-refractivity contribution in [3.63, 3.8) is 0 Å². The third-order valence-corrected chi connectivity index (χ3v) is 6.09. The molecule has 1 aromatic heterocycles. The predicted octanol–water partition coefficient (Wildman–Crippen LogP) is 2.29. The molecule has 1 aliphatic heterocycles. The fourth-order valence-corrected chi connectivity index (χ4v) is 4.01. The molecular formula is C26H28O10. The first-order valence-electron chi connectivity index (χ1n) is 11.3. The van der Waals surface area contributed by atoms with E-state index in [1.165, 1.54) is 31.2 Å². The van der Waals surface area contributed by atoms with Crippen LogP contribution in [-0.2, 0) is 11.2 Å². The molecule has 4 rings (SSSR count). The molecule has 0 amide bonds. The van der Waals surface area contributed by atoms with E-state index >= 15 is 0 Å². The number of aliphatic hydroxyl groups excluding tert-OH is 3. The van der Waals surface area contributed by atoms with Gasteiger partial charge in [-0.1, -0.05) is 11.6 Å². The number of hydrogen-bond donors (Lipinski definition) is 6. The Labute approximate surface area is 205 Å². The second-order valence-corrected chi connectivity index (χ2v) is 9.02. The van der Waals surface area contributed by atoms with Gasteiger partial charge in [0, 0.05) is 17.2 Å². The number of ether oxygens (including phenoxy) is 2. The number of aromatic hydroxyl groups is 3. The van der Waals surface area contributed by atoms with Crippen molar-refractivity contribution in [3.05, 3.63) is 57.8 Å². The zero-order valence-corrected chi connectivity index (χ0v) is 19.9. The van der Waals surface area contributed by atoms with E-state index in [4.69, 9.17) is 13.9 Å². The molecule has 0 spiro atoms. The fourth-order valence-electron chi connectivity index (χ4n) is 4.01. The van der Waals surface area contributed by atoms with E-state index < -0.39 is 47.6 Å². The van der Waals surface area contributed by atoms with Crippen LogP contribution in [0.15, 0.2) is 51.2 Å². The summed E-state index contributed by atoms with van der Waals surface area (Å²) >= 11 is 0. The quantitative estimate of drug-likeness (QED) is 0.286. The number of allylic oxidation sites excluding steroid dienone is 2. The van der Waals surface area contributed by atoms with Crippen LogP contribution in [0.25, 0.3) is 22.3 Å². The molecule has 2 heterocycles. The molecule has 0 unspecified atom stereocenters. The summed E-state index contributed by atoms with van der Waals surface area (Å²) in [4.78, 5) is 12.9. The minimum Gasteiger partial charge on any atom is -0.507 e. The van der Waals surface area contributed by atoms with Gasteiger partial charge in [-0.05, 0) is 51.5 Å². The molecular weight excluding hydrogens is 472 g/mol. The van der Waals surface area contributed by atoms with Gasteiger partial charge in [0.05, 0.1) is 6.10 Å². The van der Waals surface area contributed by atoms with Gasteiger partial charge in [-0.15, -0.1) is 0 Å². The molecule has 0 radical (unpaired) electrons. The van der Waals surface area contributed by atoms with Crippen molar-refractivity contribution in [2.45, 2.75) is 57.9 Å². The number of fused-ring (bicyclic) bond motifs is 1. The maximum Gasteiger partial charge on any atom is 0.238 e. The largest absolute Gasteiger partial charge is 0.507 e. The summed E-state index contributed by atoms with van der Waals surface area (Å²) in [5.74, 6) is -1.43.